The Morgan fingerprint density at radius 3 is 2.70 bits per heavy atom. The highest BCUT2D eigenvalue weighted by molar-refractivity contribution is 5.31. The molecule has 1 aromatic heterocycles. The summed E-state index contributed by atoms with van der Waals surface area (Å²) >= 11 is 0. The van der Waals surface area contributed by atoms with Gasteiger partial charge < -0.3 is 9.47 Å². The van der Waals surface area contributed by atoms with Crippen LogP contribution in [0.3, 0.4) is 0 Å². The molecule has 7 heteroatoms. The van der Waals surface area contributed by atoms with E-state index in [0.717, 1.165) is 0 Å². The Balaban J connectivity index is 1.93. The molecular formula is C16H17N3O4. The van der Waals surface area contributed by atoms with E-state index in [0.29, 0.717) is 31.0 Å². The van der Waals surface area contributed by atoms with Gasteiger partial charge in [0, 0.05) is 13.5 Å². The van der Waals surface area contributed by atoms with E-state index < -0.39 is 6.04 Å². The Kier molecular flexibility index (Phi) is 3.23. The molecule has 0 aliphatic carbocycles. The van der Waals surface area contributed by atoms with Crippen molar-refractivity contribution in [1.29, 1.82) is 0 Å². The van der Waals surface area contributed by atoms with Crippen molar-refractivity contribution in [3.05, 3.63) is 63.1 Å². The van der Waals surface area contributed by atoms with Crippen LogP contribution in [0.1, 0.15) is 12.5 Å². The molecule has 4 rings (SSSR count). The number of rotatable bonds is 2. The van der Waals surface area contributed by atoms with Gasteiger partial charge in [-0.15, -0.1) is 0 Å². The van der Waals surface area contributed by atoms with Crippen molar-refractivity contribution in [2.24, 2.45) is 0 Å². The predicted molar refractivity (Wildman–Crippen MR) is 82.8 cm³/mol. The lowest BCUT2D eigenvalue weighted by Crippen LogP contribution is -2.44. The molecule has 0 saturated carbocycles. The molecule has 120 valence electrons. The summed E-state index contributed by atoms with van der Waals surface area (Å²) in [5.41, 5.74) is -0.162. The number of nitrogens with zero attached hydrogens (tertiary/aromatic N) is 3. The number of benzene rings is 1. The van der Waals surface area contributed by atoms with Crippen molar-refractivity contribution >= 4 is 0 Å². The molecule has 1 fully saturated rings. The highest BCUT2D eigenvalue weighted by Crippen LogP contribution is 2.32. The SMILES string of the molecule is CO[C@@H]1CCOC2=CCn3c(=O)n(-c4ccccc4)c(=O)n3[C@H]21. The van der Waals surface area contributed by atoms with Crippen LogP contribution < -0.4 is 11.4 Å². The number of hydrogen-bond donors (Lipinski definition) is 0. The Hall–Kier alpha value is -2.54. The Labute approximate surface area is 132 Å². The van der Waals surface area contributed by atoms with E-state index in [1.165, 1.54) is 13.9 Å². The van der Waals surface area contributed by atoms with Gasteiger partial charge in [-0.25, -0.2) is 23.5 Å². The standard InChI is InChI=1S/C16H17N3O4/c1-22-12-8-10-23-13-7-9-17-15(20)18(11-5-3-2-4-6-11)16(21)19(17)14(12)13/h2-7,12,14H,8-10H2,1H3/t12-,14+/m1/s1. The zero-order chi connectivity index (χ0) is 16.0. The molecular weight excluding hydrogens is 298 g/mol. The number of fused-ring (bicyclic) bond motifs is 3. The van der Waals surface area contributed by atoms with Crippen molar-refractivity contribution in [2.45, 2.75) is 25.1 Å². The third-order valence-electron chi connectivity index (χ3n) is 4.42. The molecule has 2 aliphatic rings. The molecule has 2 aliphatic heterocycles. The smallest absolute Gasteiger partial charge is 0.352 e. The summed E-state index contributed by atoms with van der Waals surface area (Å²) in [5.74, 6) is 0.704. The first-order chi connectivity index (χ1) is 11.2. The third kappa shape index (κ3) is 2.00. The van der Waals surface area contributed by atoms with Crippen LogP contribution in [0.2, 0.25) is 0 Å². The van der Waals surface area contributed by atoms with Gasteiger partial charge in [0.05, 0.1) is 24.9 Å². The summed E-state index contributed by atoms with van der Waals surface area (Å²) in [6.45, 7) is 0.870. The van der Waals surface area contributed by atoms with Gasteiger partial charge in [0.2, 0.25) is 0 Å². The average Bonchev–Trinajstić information content (AvgIpc) is 2.86. The topological polar surface area (TPSA) is 67.4 Å². The maximum atomic E-state index is 12.9. The minimum atomic E-state index is -0.396. The van der Waals surface area contributed by atoms with E-state index in [1.807, 2.05) is 12.1 Å². The Morgan fingerprint density at radius 1 is 1.17 bits per heavy atom. The lowest BCUT2D eigenvalue weighted by molar-refractivity contribution is -0.0249. The fourth-order valence-corrected chi connectivity index (χ4v) is 3.33. The molecule has 3 heterocycles. The highest BCUT2D eigenvalue weighted by atomic mass is 16.5. The number of para-hydroxylation sites is 1. The first-order valence-electron chi connectivity index (χ1n) is 7.58. The Morgan fingerprint density at radius 2 is 1.96 bits per heavy atom. The second kappa shape index (κ2) is 5.27. The molecule has 1 saturated heterocycles. The van der Waals surface area contributed by atoms with E-state index >= 15 is 0 Å². The molecule has 2 atom stereocenters. The van der Waals surface area contributed by atoms with Crippen molar-refractivity contribution in [3.8, 4) is 5.69 Å². The van der Waals surface area contributed by atoms with Crippen LogP contribution in [0.15, 0.2) is 51.8 Å². The minimum absolute atomic E-state index is 0.190. The number of allylic oxidation sites excluding steroid dienone is 1. The fraction of sp³-hybridized carbons (Fsp3) is 0.375. The van der Waals surface area contributed by atoms with Crippen LogP contribution >= 0.6 is 0 Å². The lowest BCUT2D eigenvalue weighted by atomic mass is 10.0. The molecule has 0 spiro atoms. The van der Waals surface area contributed by atoms with Crippen LogP contribution in [0.4, 0.5) is 0 Å². The van der Waals surface area contributed by atoms with Crippen molar-refractivity contribution in [1.82, 2.24) is 13.9 Å². The summed E-state index contributed by atoms with van der Waals surface area (Å²) < 4.78 is 15.3. The molecule has 0 radical (unpaired) electrons. The summed E-state index contributed by atoms with van der Waals surface area (Å²) in [6, 6.07) is 8.54. The monoisotopic (exact) mass is 315 g/mol. The molecule has 23 heavy (non-hydrogen) atoms. The van der Waals surface area contributed by atoms with E-state index in [2.05, 4.69) is 0 Å². The van der Waals surface area contributed by atoms with Crippen molar-refractivity contribution in [3.63, 3.8) is 0 Å². The van der Waals surface area contributed by atoms with Crippen LogP contribution in [0.5, 0.6) is 0 Å². The van der Waals surface area contributed by atoms with Crippen molar-refractivity contribution in [2.75, 3.05) is 13.7 Å². The minimum Gasteiger partial charge on any atom is -0.496 e. The number of ether oxygens (including phenoxy) is 2. The van der Waals surface area contributed by atoms with Gasteiger partial charge in [0.1, 0.15) is 11.8 Å². The molecule has 1 aromatic carbocycles. The molecule has 0 unspecified atom stereocenters. The van der Waals surface area contributed by atoms with Gasteiger partial charge in [0.15, 0.2) is 0 Å². The van der Waals surface area contributed by atoms with Gasteiger partial charge in [-0.3, -0.25) is 0 Å². The summed E-state index contributed by atoms with van der Waals surface area (Å²) in [5, 5.41) is 0. The number of aromatic nitrogens is 3. The van der Waals surface area contributed by atoms with Crippen LogP contribution in [0, 0.1) is 0 Å². The second-order valence-corrected chi connectivity index (χ2v) is 5.63. The fourth-order valence-electron chi connectivity index (χ4n) is 3.33. The van der Waals surface area contributed by atoms with Crippen molar-refractivity contribution < 1.29 is 9.47 Å². The molecule has 0 bridgehead atoms. The number of methoxy groups -OCH3 is 1. The maximum absolute atomic E-state index is 12.9. The third-order valence-corrected chi connectivity index (χ3v) is 4.42. The Bertz CT molecular complexity index is 875. The first kappa shape index (κ1) is 14.1. The van der Waals surface area contributed by atoms with Gasteiger partial charge in [-0.2, -0.15) is 0 Å². The molecule has 7 nitrogen and oxygen atoms in total. The van der Waals surface area contributed by atoms with Crippen LogP contribution in [0.25, 0.3) is 5.69 Å². The normalized spacial score (nSPS) is 22.7. The number of hydrogen-bond acceptors (Lipinski definition) is 4. The molecule has 0 amide bonds. The summed E-state index contributed by atoms with van der Waals surface area (Å²) in [6.07, 6.45) is 2.34. The van der Waals surface area contributed by atoms with E-state index in [1.54, 1.807) is 31.4 Å². The zero-order valence-electron chi connectivity index (χ0n) is 12.7. The summed E-state index contributed by atoms with van der Waals surface area (Å²) in [4.78, 5) is 25.6. The zero-order valence-corrected chi connectivity index (χ0v) is 12.7. The van der Waals surface area contributed by atoms with E-state index in [4.69, 9.17) is 9.47 Å². The molecule has 0 N–H and O–H groups in total. The highest BCUT2D eigenvalue weighted by Gasteiger charge is 2.38. The average molecular weight is 315 g/mol. The van der Waals surface area contributed by atoms with Crippen LogP contribution in [-0.2, 0) is 16.0 Å². The first-order valence-corrected chi connectivity index (χ1v) is 7.58. The van der Waals surface area contributed by atoms with Gasteiger partial charge >= 0.3 is 11.4 Å². The second-order valence-electron chi connectivity index (χ2n) is 5.63. The van der Waals surface area contributed by atoms with Gasteiger partial charge in [-0.1, -0.05) is 18.2 Å². The largest absolute Gasteiger partial charge is 0.496 e. The van der Waals surface area contributed by atoms with Gasteiger partial charge in [-0.05, 0) is 18.2 Å². The van der Waals surface area contributed by atoms with Crippen LogP contribution in [-0.4, -0.2) is 33.8 Å². The lowest BCUT2D eigenvalue weighted by Gasteiger charge is -2.36. The van der Waals surface area contributed by atoms with E-state index in [-0.39, 0.29) is 17.5 Å². The quantitative estimate of drug-likeness (QED) is 0.817. The van der Waals surface area contributed by atoms with E-state index in [9.17, 15) is 9.59 Å². The summed E-state index contributed by atoms with van der Waals surface area (Å²) in [7, 11) is 1.61. The van der Waals surface area contributed by atoms with Gasteiger partial charge in [0.25, 0.3) is 0 Å². The molecule has 2 aromatic rings. The predicted octanol–water partition coefficient (Wildman–Crippen LogP) is 0.675. The maximum Gasteiger partial charge on any atom is 0.352 e.